The molecule has 2 N–H and O–H groups in total. The minimum atomic E-state index is -0.734. The molecule has 2 aromatic rings. The second kappa shape index (κ2) is 9.75. The van der Waals surface area contributed by atoms with E-state index in [-0.39, 0.29) is 16.5 Å². The molecule has 0 atom stereocenters. The van der Waals surface area contributed by atoms with Crippen molar-refractivity contribution >= 4 is 34.6 Å². The molecule has 0 saturated carbocycles. The second-order valence-electron chi connectivity index (χ2n) is 6.39. The van der Waals surface area contributed by atoms with Crippen LogP contribution in [0, 0.1) is 21.8 Å². The number of nitrogens with zero attached hydrogens (tertiary/aromatic N) is 1. The van der Waals surface area contributed by atoms with Gasteiger partial charge in [-0.05, 0) is 48.8 Å². The number of hydrogen-bond acceptors (Lipinski definition) is 5. The molecule has 0 unspecified atom stereocenters. The van der Waals surface area contributed by atoms with Gasteiger partial charge in [-0.3, -0.25) is 20.2 Å². The first-order chi connectivity index (χ1) is 13.3. The molecule has 0 fully saturated rings. The maximum absolute atomic E-state index is 13.8. The first-order valence-corrected chi connectivity index (χ1v) is 8.96. The standard InChI is InChI=1S/C19H20FN3O4S/c1-12(2)8-9-27-15-5-3-4-13(10-15)18(24)22-19(28)21-17-11-14(23(25)26)6-7-16(17)20/h3-7,10-12H,8-9H2,1-2H3,(H2,21,22,24,28). The van der Waals surface area contributed by atoms with Crippen molar-refractivity contribution in [2.75, 3.05) is 11.9 Å². The van der Waals surface area contributed by atoms with E-state index in [1.54, 1.807) is 24.3 Å². The molecule has 0 bridgehead atoms. The van der Waals surface area contributed by atoms with Crippen molar-refractivity contribution in [2.45, 2.75) is 20.3 Å². The van der Waals surface area contributed by atoms with Gasteiger partial charge in [-0.1, -0.05) is 19.9 Å². The normalized spacial score (nSPS) is 10.4. The van der Waals surface area contributed by atoms with Gasteiger partial charge < -0.3 is 10.1 Å². The fourth-order valence-electron chi connectivity index (χ4n) is 2.19. The molecule has 0 spiro atoms. The van der Waals surface area contributed by atoms with Crippen molar-refractivity contribution in [1.29, 1.82) is 0 Å². The molecule has 0 aliphatic carbocycles. The Balaban J connectivity index is 2.00. The van der Waals surface area contributed by atoms with Crippen LogP contribution in [0.25, 0.3) is 0 Å². The Morgan fingerprint density at radius 3 is 2.71 bits per heavy atom. The number of hydrogen-bond donors (Lipinski definition) is 2. The molecule has 28 heavy (non-hydrogen) atoms. The smallest absolute Gasteiger partial charge is 0.271 e. The number of carbonyl (C=O) groups excluding carboxylic acids is 1. The van der Waals surface area contributed by atoms with Gasteiger partial charge in [-0.2, -0.15) is 0 Å². The molecule has 0 aliphatic rings. The Morgan fingerprint density at radius 1 is 1.29 bits per heavy atom. The fraction of sp³-hybridized carbons (Fsp3) is 0.263. The first kappa shape index (κ1) is 21.2. The molecule has 2 rings (SSSR count). The predicted molar refractivity (Wildman–Crippen MR) is 108 cm³/mol. The van der Waals surface area contributed by atoms with Crippen molar-refractivity contribution in [3.05, 3.63) is 64.0 Å². The lowest BCUT2D eigenvalue weighted by Crippen LogP contribution is -2.34. The van der Waals surface area contributed by atoms with Gasteiger partial charge >= 0.3 is 0 Å². The number of nitrogens with one attached hydrogen (secondary N) is 2. The molecule has 0 radical (unpaired) electrons. The third-order valence-electron chi connectivity index (χ3n) is 3.70. The number of carbonyl (C=O) groups is 1. The average Bonchev–Trinajstić information content (AvgIpc) is 2.63. The molecule has 9 heteroatoms. The summed E-state index contributed by atoms with van der Waals surface area (Å²) in [6.07, 6.45) is 0.888. The Morgan fingerprint density at radius 2 is 2.04 bits per heavy atom. The molecule has 148 valence electrons. The third-order valence-corrected chi connectivity index (χ3v) is 3.90. The Kier molecular flexibility index (Phi) is 7.39. The molecule has 0 aliphatic heterocycles. The Labute approximate surface area is 167 Å². The van der Waals surface area contributed by atoms with E-state index in [0.717, 1.165) is 24.6 Å². The van der Waals surface area contributed by atoms with Gasteiger partial charge in [0.15, 0.2) is 5.11 Å². The summed E-state index contributed by atoms with van der Waals surface area (Å²) in [5.74, 6) is -0.193. The van der Waals surface area contributed by atoms with Crippen LogP contribution >= 0.6 is 12.2 Å². The van der Waals surface area contributed by atoms with Crippen LogP contribution in [-0.4, -0.2) is 22.5 Å². The van der Waals surface area contributed by atoms with Crippen molar-refractivity contribution in [3.8, 4) is 5.75 Å². The summed E-state index contributed by atoms with van der Waals surface area (Å²) < 4.78 is 19.4. The summed E-state index contributed by atoms with van der Waals surface area (Å²) in [7, 11) is 0. The van der Waals surface area contributed by atoms with Gasteiger partial charge in [-0.15, -0.1) is 0 Å². The molecular weight excluding hydrogens is 385 g/mol. The van der Waals surface area contributed by atoms with E-state index in [1.165, 1.54) is 0 Å². The Hall–Kier alpha value is -3.07. The topological polar surface area (TPSA) is 93.5 Å². The zero-order chi connectivity index (χ0) is 20.7. The zero-order valence-corrected chi connectivity index (χ0v) is 16.2. The highest BCUT2D eigenvalue weighted by molar-refractivity contribution is 7.80. The third kappa shape index (κ3) is 6.27. The van der Waals surface area contributed by atoms with Gasteiger partial charge in [0.1, 0.15) is 11.6 Å². The predicted octanol–water partition coefficient (Wildman–Crippen LogP) is 4.29. The van der Waals surface area contributed by atoms with E-state index in [9.17, 15) is 19.3 Å². The molecule has 1 amide bonds. The van der Waals surface area contributed by atoms with Gasteiger partial charge in [0.25, 0.3) is 11.6 Å². The van der Waals surface area contributed by atoms with Crippen LogP contribution in [0.5, 0.6) is 5.75 Å². The molecule has 0 heterocycles. The monoisotopic (exact) mass is 405 g/mol. The van der Waals surface area contributed by atoms with E-state index in [1.807, 2.05) is 0 Å². The first-order valence-electron chi connectivity index (χ1n) is 8.55. The largest absolute Gasteiger partial charge is 0.494 e. The number of nitro groups is 1. The molecule has 2 aromatic carbocycles. The zero-order valence-electron chi connectivity index (χ0n) is 15.4. The van der Waals surface area contributed by atoms with Crippen molar-refractivity contribution in [3.63, 3.8) is 0 Å². The van der Waals surface area contributed by atoms with Crippen LogP contribution in [0.3, 0.4) is 0 Å². The van der Waals surface area contributed by atoms with Gasteiger partial charge in [0.05, 0.1) is 17.2 Å². The van der Waals surface area contributed by atoms with E-state index < -0.39 is 16.6 Å². The lowest BCUT2D eigenvalue weighted by Gasteiger charge is -2.12. The second-order valence-corrected chi connectivity index (χ2v) is 6.80. The van der Waals surface area contributed by atoms with Crippen LogP contribution in [0.15, 0.2) is 42.5 Å². The molecular formula is C19H20FN3O4S. The van der Waals surface area contributed by atoms with E-state index in [4.69, 9.17) is 17.0 Å². The molecule has 0 aromatic heterocycles. The van der Waals surface area contributed by atoms with Gasteiger partial charge in [0, 0.05) is 17.7 Å². The highest BCUT2D eigenvalue weighted by Gasteiger charge is 2.14. The average molecular weight is 405 g/mol. The number of ether oxygens (including phenoxy) is 1. The number of nitro benzene ring substituents is 1. The maximum atomic E-state index is 13.8. The minimum Gasteiger partial charge on any atom is -0.494 e. The lowest BCUT2D eigenvalue weighted by molar-refractivity contribution is -0.384. The number of halogens is 1. The van der Waals surface area contributed by atoms with E-state index >= 15 is 0 Å². The number of anilines is 1. The number of thiocarbonyl (C=S) groups is 1. The van der Waals surface area contributed by atoms with Crippen molar-refractivity contribution < 1.29 is 18.8 Å². The summed E-state index contributed by atoms with van der Waals surface area (Å²) in [5, 5.41) is 15.5. The summed E-state index contributed by atoms with van der Waals surface area (Å²) >= 11 is 5.00. The number of non-ortho nitro benzene ring substituents is 1. The van der Waals surface area contributed by atoms with Crippen LogP contribution in [0.2, 0.25) is 0 Å². The lowest BCUT2D eigenvalue weighted by atomic mass is 10.1. The van der Waals surface area contributed by atoms with Crippen LogP contribution in [0.1, 0.15) is 30.6 Å². The van der Waals surface area contributed by atoms with Gasteiger partial charge in [0.2, 0.25) is 0 Å². The van der Waals surface area contributed by atoms with Crippen molar-refractivity contribution in [2.24, 2.45) is 5.92 Å². The molecule has 0 saturated heterocycles. The SMILES string of the molecule is CC(C)CCOc1cccc(C(=O)NC(=S)Nc2cc([N+](=O)[O-])ccc2F)c1. The van der Waals surface area contributed by atoms with E-state index in [2.05, 4.69) is 24.5 Å². The van der Waals surface area contributed by atoms with E-state index in [0.29, 0.717) is 23.8 Å². The number of amides is 1. The molecule has 7 nitrogen and oxygen atoms in total. The minimum absolute atomic E-state index is 0.185. The number of rotatable bonds is 7. The van der Waals surface area contributed by atoms with Crippen LogP contribution in [0.4, 0.5) is 15.8 Å². The quantitative estimate of drug-likeness (QED) is 0.406. The van der Waals surface area contributed by atoms with Gasteiger partial charge in [-0.25, -0.2) is 4.39 Å². The highest BCUT2D eigenvalue weighted by Crippen LogP contribution is 2.21. The van der Waals surface area contributed by atoms with Crippen molar-refractivity contribution in [1.82, 2.24) is 5.32 Å². The summed E-state index contributed by atoms with van der Waals surface area (Å²) in [6, 6.07) is 9.56. The van der Waals surface area contributed by atoms with Crippen LogP contribution < -0.4 is 15.4 Å². The maximum Gasteiger partial charge on any atom is 0.271 e. The summed E-state index contributed by atoms with van der Waals surface area (Å²) in [4.78, 5) is 22.5. The highest BCUT2D eigenvalue weighted by atomic mass is 32.1. The Bertz CT molecular complexity index is 889. The fourth-order valence-corrected chi connectivity index (χ4v) is 2.39. The van der Waals surface area contributed by atoms with Crippen LogP contribution in [-0.2, 0) is 0 Å². The summed E-state index contributed by atoms with van der Waals surface area (Å²) in [5.41, 5.74) is -0.194. The summed E-state index contributed by atoms with van der Waals surface area (Å²) in [6.45, 7) is 4.71. The number of benzene rings is 2.